The predicted octanol–water partition coefficient (Wildman–Crippen LogP) is 2.76. The number of hydrogen-bond donors (Lipinski definition) is 0. The van der Waals surface area contributed by atoms with Crippen molar-refractivity contribution in [3.63, 3.8) is 0 Å². The van der Waals surface area contributed by atoms with Gasteiger partial charge in [0.2, 0.25) is 0 Å². The number of anilines is 1. The number of hydrogen-bond acceptors (Lipinski definition) is 5. The molecular formula is C19H24FN3O2. The molecule has 1 aromatic heterocycles. The standard InChI is InChI=1S/C19H24FN3O2/c1-3-25-19(24)13-22-7-4-8-23(10-9-22)18-11-14(2)21-17-6-5-15(20)12-16(17)18/h5-6,11-12H,3-4,7-10,13H2,1-2H3. The van der Waals surface area contributed by atoms with Crippen LogP contribution in [0.1, 0.15) is 19.0 Å². The van der Waals surface area contributed by atoms with Gasteiger partial charge in [0.25, 0.3) is 0 Å². The number of esters is 1. The molecule has 1 saturated heterocycles. The molecule has 0 atom stereocenters. The van der Waals surface area contributed by atoms with E-state index in [0.717, 1.165) is 54.9 Å². The summed E-state index contributed by atoms with van der Waals surface area (Å²) in [4.78, 5) is 20.6. The minimum atomic E-state index is -0.252. The molecule has 1 aliphatic heterocycles. The summed E-state index contributed by atoms with van der Waals surface area (Å²) in [7, 11) is 0. The summed E-state index contributed by atoms with van der Waals surface area (Å²) < 4.78 is 18.8. The first-order valence-corrected chi connectivity index (χ1v) is 8.76. The minimum absolute atomic E-state index is 0.178. The molecule has 0 saturated carbocycles. The number of rotatable bonds is 4. The smallest absolute Gasteiger partial charge is 0.320 e. The summed E-state index contributed by atoms with van der Waals surface area (Å²) in [6.07, 6.45) is 0.942. The van der Waals surface area contributed by atoms with Gasteiger partial charge in [0.05, 0.1) is 18.7 Å². The molecule has 1 aliphatic rings. The molecule has 0 radical (unpaired) electrons. The highest BCUT2D eigenvalue weighted by molar-refractivity contribution is 5.92. The number of nitrogens with zero attached hydrogens (tertiary/aromatic N) is 3. The second-order valence-electron chi connectivity index (χ2n) is 6.37. The molecule has 0 bridgehead atoms. The highest BCUT2D eigenvalue weighted by Crippen LogP contribution is 2.28. The molecule has 2 aromatic rings. The Morgan fingerprint density at radius 2 is 2.08 bits per heavy atom. The van der Waals surface area contributed by atoms with Crippen molar-refractivity contribution in [2.24, 2.45) is 0 Å². The molecule has 0 aliphatic carbocycles. The lowest BCUT2D eigenvalue weighted by Gasteiger charge is -2.25. The molecule has 25 heavy (non-hydrogen) atoms. The van der Waals surface area contributed by atoms with Crippen molar-refractivity contribution in [2.45, 2.75) is 20.3 Å². The zero-order valence-corrected chi connectivity index (χ0v) is 14.8. The third kappa shape index (κ3) is 4.25. The number of ether oxygens (including phenoxy) is 1. The van der Waals surface area contributed by atoms with E-state index in [2.05, 4.69) is 14.8 Å². The Hall–Kier alpha value is -2.21. The van der Waals surface area contributed by atoms with E-state index < -0.39 is 0 Å². The van der Waals surface area contributed by atoms with Crippen LogP contribution < -0.4 is 4.90 Å². The minimum Gasteiger partial charge on any atom is -0.465 e. The number of halogens is 1. The average molecular weight is 345 g/mol. The average Bonchev–Trinajstić information content (AvgIpc) is 2.80. The van der Waals surface area contributed by atoms with Gasteiger partial charge < -0.3 is 9.64 Å². The molecule has 0 amide bonds. The van der Waals surface area contributed by atoms with Crippen LogP contribution in [0.3, 0.4) is 0 Å². The van der Waals surface area contributed by atoms with Crippen molar-refractivity contribution >= 4 is 22.6 Å². The van der Waals surface area contributed by atoms with Crippen LogP contribution in [0.25, 0.3) is 10.9 Å². The number of benzene rings is 1. The highest BCUT2D eigenvalue weighted by Gasteiger charge is 2.19. The van der Waals surface area contributed by atoms with E-state index in [1.165, 1.54) is 6.07 Å². The van der Waals surface area contributed by atoms with Crippen LogP contribution in [0.5, 0.6) is 0 Å². The summed E-state index contributed by atoms with van der Waals surface area (Å²) in [6.45, 7) is 7.79. The van der Waals surface area contributed by atoms with Crippen LogP contribution in [0.15, 0.2) is 24.3 Å². The Bertz CT molecular complexity index is 766. The Labute approximate surface area is 147 Å². The first kappa shape index (κ1) is 17.6. The first-order valence-electron chi connectivity index (χ1n) is 8.76. The Morgan fingerprint density at radius 3 is 2.88 bits per heavy atom. The van der Waals surface area contributed by atoms with Crippen LogP contribution >= 0.6 is 0 Å². The molecule has 0 unspecified atom stereocenters. The van der Waals surface area contributed by atoms with Gasteiger partial charge in [-0.05, 0) is 44.5 Å². The maximum absolute atomic E-state index is 13.7. The SMILES string of the molecule is CCOC(=O)CN1CCCN(c2cc(C)nc3ccc(F)cc23)CC1. The Balaban J connectivity index is 1.80. The van der Waals surface area contributed by atoms with E-state index in [9.17, 15) is 9.18 Å². The van der Waals surface area contributed by atoms with Crippen molar-refractivity contribution in [3.8, 4) is 0 Å². The van der Waals surface area contributed by atoms with Crippen LogP contribution in [0, 0.1) is 12.7 Å². The predicted molar refractivity (Wildman–Crippen MR) is 96.3 cm³/mol. The van der Waals surface area contributed by atoms with E-state index in [0.29, 0.717) is 13.2 Å². The van der Waals surface area contributed by atoms with Gasteiger partial charge in [0.1, 0.15) is 5.82 Å². The molecule has 134 valence electrons. The van der Waals surface area contributed by atoms with Crippen molar-refractivity contribution in [1.29, 1.82) is 0 Å². The second kappa shape index (κ2) is 7.78. The van der Waals surface area contributed by atoms with Crippen LogP contribution in [0.4, 0.5) is 10.1 Å². The lowest BCUT2D eigenvalue weighted by Crippen LogP contribution is -2.35. The summed E-state index contributed by atoms with van der Waals surface area (Å²) in [5, 5.41) is 0.837. The fourth-order valence-electron chi connectivity index (χ4n) is 3.33. The van der Waals surface area contributed by atoms with Crippen molar-refractivity contribution < 1.29 is 13.9 Å². The lowest BCUT2D eigenvalue weighted by atomic mass is 10.1. The van der Waals surface area contributed by atoms with Gasteiger partial charge in [-0.3, -0.25) is 14.7 Å². The highest BCUT2D eigenvalue weighted by atomic mass is 19.1. The summed E-state index contributed by atoms with van der Waals surface area (Å²) in [5.41, 5.74) is 2.74. The largest absolute Gasteiger partial charge is 0.465 e. The molecule has 1 aromatic carbocycles. The van der Waals surface area contributed by atoms with Gasteiger partial charge >= 0.3 is 5.97 Å². The van der Waals surface area contributed by atoms with Crippen LogP contribution in [-0.4, -0.2) is 55.2 Å². The third-order valence-electron chi connectivity index (χ3n) is 4.46. The molecule has 3 rings (SSSR count). The zero-order valence-electron chi connectivity index (χ0n) is 14.8. The molecule has 6 heteroatoms. The monoisotopic (exact) mass is 345 g/mol. The van der Waals surface area contributed by atoms with Gasteiger partial charge in [-0.2, -0.15) is 0 Å². The fourth-order valence-corrected chi connectivity index (χ4v) is 3.33. The van der Waals surface area contributed by atoms with E-state index in [1.807, 2.05) is 19.9 Å². The molecule has 1 fully saturated rings. The van der Waals surface area contributed by atoms with Crippen LogP contribution in [-0.2, 0) is 9.53 Å². The molecule has 0 spiro atoms. The molecule has 5 nitrogen and oxygen atoms in total. The fraction of sp³-hybridized carbons (Fsp3) is 0.474. The second-order valence-corrected chi connectivity index (χ2v) is 6.37. The topological polar surface area (TPSA) is 45.7 Å². The van der Waals surface area contributed by atoms with E-state index in [-0.39, 0.29) is 11.8 Å². The Kier molecular flexibility index (Phi) is 5.48. The normalized spacial score (nSPS) is 16.0. The number of carbonyl (C=O) groups is 1. The number of carbonyl (C=O) groups excluding carboxylic acids is 1. The first-order chi connectivity index (χ1) is 12.1. The van der Waals surface area contributed by atoms with Gasteiger partial charge in [-0.15, -0.1) is 0 Å². The van der Waals surface area contributed by atoms with Gasteiger partial charge in [-0.1, -0.05) is 0 Å². The number of fused-ring (bicyclic) bond motifs is 1. The lowest BCUT2D eigenvalue weighted by molar-refractivity contribution is -0.144. The third-order valence-corrected chi connectivity index (χ3v) is 4.46. The van der Waals surface area contributed by atoms with Gasteiger partial charge in [0, 0.05) is 42.9 Å². The molecule has 2 heterocycles. The van der Waals surface area contributed by atoms with Crippen molar-refractivity contribution in [3.05, 3.63) is 35.8 Å². The Morgan fingerprint density at radius 1 is 1.24 bits per heavy atom. The molecular weight excluding hydrogens is 321 g/mol. The summed E-state index contributed by atoms with van der Waals surface area (Å²) >= 11 is 0. The quantitative estimate of drug-likeness (QED) is 0.798. The summed E-state index contributed by atoms with van der Waals surface area (Å²) in [6, 6.07) is 6.75. The number of pyridine rings is 1. The number of aryl methyl sites for hydroxylation is 1. The van der Waals surface area contributed by atoms with Crippen molar-refractivity contribution in [2.75, 3.05) is 44.2 Å². The van der Waals surface area contributed by atoms with Crippen LogP contribution in [0.2, 0.25) is 0 Å². The van der Waals surface area contributed by atoms with E-state index in [4.69, 9.17) is 4.74 Å². The maximum atomic E-state index is 13.7. The van der Waals surface area contributed by atoms with E-state index in [1.54, 1.807) is 12.1 Å². The molecule has 0 N–H and O–H groups in total. The summed E-state index contributed by atoms with van der Waals surface area (Å²) in [5.74, 6) is -0.429. The zero-order chi connectivity index (χ0) is 17.8. The maximum Gasteiger partial charge on any atom is 0.320 e. The van der Waals surface area contributed by atoms with Gasteiger partial charge in [-0.25, -0.2) is 4.39 Å². The number of aromatic nitrogens is 1. The van der Waals surface area contributed by atoms with Gasteiger partial charge in [0.15, 0.2) is 0 Å². The van der Waals surface area contributed by atoms with E-state index >= 15 is 0 Å². The van der Waals surface area contributed by atoms with Crippen molar-refractivity contribution in [1.82, 2.24) is 9.88 Å².